The van der Waals surface area contributed by atoms with Crippen LogP contribution < -0.4 is 21.1 Å². The van der Waals surface area contributed by atoms with Gasteiger partial charge in [0.1, 0.15) is 5.75 Å². The number of nitrogens with two attached hydrogens (primary N) is 1. The number of halogens is 4. The van der Waals surface area contributed by atoms with Crippen LogP contribution in [0.4, 0.5) is 18.9 Å². The van der Waals surface area contributed by atoms with E-state index in [0.717, 1.165) is 0 Å². The number of ether oxygens (including phenoxy) is 1. The summed E-state index contributed by atoms with van der Waals surface area (Å²) >= 11 is 0. The van der Waals surface area contributed by atoms with Gasteiger partial charge in [0.2, 0.25) is 11.8 Å². The van der Waals surface area contributed by atoms with Crippen LogP contribution in [0.25, 0.3) is 0 Å². The maximum atomic E-state index is 12.2. The van der Waals surface area contributed by atoms with Gasteiger partial charge in [0.25, 0.3) is 0 Å². The average Bonchev–Trinajstić information content (AvgIpc) is 2.50. The molecule has 0 aliphatic heterocycles. The van der Waals surface area contributed by atoms with E-state index < -0.39 is 30.6 Å². The molecule has 4 N–H and O–H groups in total. The maximum Gasteiger partial charge on any atom is 0.422 e. The van der Waals surface area contributed by atoms with E-state index in [2.05, 4.69) is 15.4 Å². The number of alkyl halides is 3. The minimum absolute atomic E-state index is 0. The Hall–Kier alpha value is -2.00. The Morgan fingerprint density at radius 2 is 1.84 bits per heavy atom. The van der Waals surface area contributed by atoms with Crippen molar-refractivity contribution >= 4 is 29.9 Å². The third kappa shape index (κ3) is 8.59. The zero-order valence-corrected chi connectivity index (χ0v) is 14.5. The van der Waals surface area contributed by atoms with Crippen LogP contribution in [0.15, 0.2) is 24.3 Å². The number of hydrogen-bond acceptors (Lipinski definition) is 4. The highest BCUT2D eigenvalue weighted by Gasteiger charge is 2.29. The predicted octanol–water partition coefficient (Wildman–Crippen LogP) is 2.09. The number of nitrogens with one attached hydrogen (secondary N) is 2. The average molecular weight is 384 g/mol. The summed E-state index contributed by atoms with van der Waals surface area (Å²) in [7, 11) is 0. The van der Waals surface area contributed by atoms with Crippen molar-refractivity contribution in [2.24, 2.45) is 11.7 Å². The van der Waals surface area contributed by atoms with Crippen LogP contribution in [0.1, 0.15) is 13.8 Å². The van der Waals surface area contributed by atoms with Crippen LogP contribution in [0.2, 0.25) is 0 Å². The standard InChI is InChI=1S/C15H20F3N3O3.ClH/c1-9(2)13(19)14(23)20-7-12(22)21-10-5-3-4-6-11(10)24-8-15(16,17)18;/h3-6,9,13H,7-8,19H2,1-2H3,(H,20,23)(H,21,22);1H/t13-;/m0./s1. The molecule has 0 bridgehead atoms. The molecule has 1 atom stereocenters. The molecule has 1 rings (SSSR count). The molecule has 0 radical (unpaired) electrons. The third-order valence-corrected chi connectivity index (χ3v) is 3.00. The van der Waals surface area contributed by atoms with E-state index >= 15 is 0 Å². The van der Waals surface area contributed by atoms with E-state index in [0.29, 0.717) is 0 Å². The van der Waals surface area contributed by atoms with E-state index in [4.69, 9.17) is 5.73 Å². The van der Waals surface area contributed by atoms with Gasteiger partial charge in [-0.1, -0.05) is 26.0 Å². The highest BCUT2D eigenvalue weighted by molar-refractivity contribution is 5.96. The molecular weight excluding hydrogens is 363 g/mol. The highest BCUT2D eigenvalue weighted by Crippen LogP contribution is 2.26. The molecule has 2 amide bonds. The first-order valence-corrected chi connectivity index (χ1v) is 7.22. The van der Waals surface area contributed by atoms with Crippen molar-refractivity contribution in [1.29, 1.82) is 0 Å². The zero-order valence-electron chi connectivity index (χ0n) is 13.7. The fourth-order valence-electron chi connectivity index (χ4n) is 1.64. The normalized spacial score (nSPS) is 12.1. The summed E-state index contributed by atoms with van der Waals surface area (Å²) in [5, 5.41) is 4.75. The molecule has 0 unspecified atom stereocenters. The lowest BCUT2D eigenvalue weighted by molar-refractivity contribution is -0.153. The Balaban J connectivity index is 0.00000576. The van der Waals surface area contributed by atoms with Crippen LogP contribution in [0, 0.1) is 5.92 Å². The number of anilines is 1. The Morgan fingerprint density at radius 3 is 2.40 bits per heavy atom. The molecule has 0 heterocycles. The number of amides is 2. The van der Waals surface area contributed by atoms with Crippen LogP contribution in [0.5, 0.6) is 5.75 Å². The van der Waals surface area contributed by atoms with Crippen LogP contribution in [0.3, 0.4) is 0 Å². The van der Waals surface area contributed by atoms with E-state index in [1.807, 2.05) is 0 Å². The van der Waals surface area contributed by atoms with E-state index in [1.165, 1.54) is 24.3 Å². The predicted molar refractivity (Wildman–Crippen MR) is 89.7 cm³/mol. The van der Waals surface area contributed by atoms with Crippen molar-refractivity contribution in [3.05, 3.63) is 24.3 Å². The van der Waals surface area contributed by atoms with Gasteiger partial charge in [-0.3, -0.25) is 9.59 Å². The summed E-state index contributed by atoms with van der Waals surface area (Å²) in [6, 6.07) is 4.95. The lowest BCUT2D eigenvalue weighted by atomic mass is 10.1. The quantitative estimate of drug-likeness (QED) is 0.672. The molecule has 142 valence electrons. The Morgan fingerprint density at radius 1 is 1.24 bits per heavy atom. The summed E-state index contributed by atoms with van der Waals surface area (Å²) in [5.41, 5.74) is 5.71. The smallest absolute Gasteiger partial charge is 0.422 e. The molecule has 0 aliphatic rings. The lowest BCUT2D eigenvalue weighted by Crippen LogP contribution is -2.46. The molecule has 0 fully saturated rings. The summed E-state index contributed by atoms with van der Waals surface area (Å²) in [5.74, 6) is -1.30. The fourth-order valence-corrected chi connectivity index (χ4v) is 1.64. The van der Waals surface area contributed by atoms with Gasteiger partial charge in [-0.2, -0.15) is 13.2 Å². The molecule has 1 aromatic carbocycles. The van der Waals surface area contributed by atoms with Crippen LogP contribution >= 0.6 is 12.4 Å². The van der Waals surface area contributed by atoms with Gasteiger partial charge in [-0.25, -0.2) is 0 Å². The molecule has 0 aliphatic carbocycles. The molecule has 6 nitrogen and oxygen atoms in total. The van der Waals surface area contributed by atoms with Crippen LogP contribution in [-0.2, 0) is 9.59 Å². The van der Waals surface area contributed by atoms with E-state index in [-0.39, 0.29) is 36.3 Å². The molecule has 0 spiro atoms. The number of hydrogen-bond donors (Lipinski definition) is 3. The first-order valence-electron chi connectivity index (χ1n) is 7.22. The van der Waals surface area contributed by atoms with E-state index in [1.54, 1.807) is 13.8 Å². The summed E-state index contributed by atoms with van der Waals surface area (Å²) < 4.78 is 41.3. The SMILES string of the molecule is CC(C)[C@H](N)C(=O)NCC(=O)Nc1ccccc1OCC(F)(F)F.Cl. The molecular formula is C15H21ClF3N3O3. The van der Waals surface area contributed by atoms with Crippen molar-refractivity contribution in [2.75, 3.05) is 18.5 Å². The maximum absolute atomic E-state index is 12.2. The number of para-hydroxylation sites is 2. The number of rotatable bonds is 7. The van der Waals surface area contributed by atoms with Gasteiger partial charge in [0.05, 0.1) is 18.3 Å². The van der Waals surface area contributed by atoms with Gasteiger partial charge >= 0.3 is 6.18 Å². The topological polar surface area (TPSA) is 93.5 Å². The second-order valence-electron chi connectivity index (χ2n) is 5.44. The summed E-state index contributed by atoms with van der Waals surface area (Å²) in [6.07, 6.45) is -4.49. The van der Waals surface area contributed by atoms with Gasteiger partial charge in [-0.15, -0.1) is 12.4 Å². The Kier molecular flexibility index (Phi) is 9.29. The van der Waals surface area contributed by atoms with Gasteiger partial charge < -0.3 is 21.1 Å². The molecule has 25 heavy (non-hydrogen) atoms. The molecule has 10 heteroatoms. The molecule has 0 saturated carbocycles. The van der Waals surface area contributed by atoms with E-state index in [9.17, 15) is 22.8 Å². The summed E-state index contributed by atoms with van der Waals surface area (Å²) in [6.45, 7) is 1.70. The highest BCUT2D eigenvalue weighted by atomic mass is 35.5. The van der Waals surface area contributed by atoms with Crippen molar-refractivity contribution in [1.82, 2.24) is 5.32 Å². The fraction of sp³-hybridized carbons (Fsp3) is 0.467. The first kappa shape index (κ1) is 23.0. The van der Waals surface area contributed by atoms with Gasteiger partial charge in [0, 0.05) is 0 Å². The molecule has 0 aromatic heterocycles. The Bertz CT molecular complexity index is 583. The third-order valence-electron chi connectivity index (χ3n) is 3.00. The monoisotopic (exact) mass is 383 g/mol. The van der Waals surface area contributed by atoms with Crippen molar-refractivity contribution in [3.8, 4) is 5.75 Å². The number of carbonyl (C=O) groups is 2. The molecule has 0 saturated heterocycles. The number of benzene rings is 1. The second-order valence-corrected chi connectivity index (χ2v) is 5.44. The minimum Gasteiger partial charge on any atom is -0.482 e. The van der Waals surface area contributed by atoms with Crippen molar-refractivity contribution in [3.63, 3.8) is 0 Å². The zero-order chi connectivity index (χ0) is 18.3. The second kappa shape index (κ2) is 10.1. The largest absolute Gasteiger partial charge is 0.482 e. The van der Waals surface area contributed by atoms with Crippen molar-refractivity contribution in [2.45, 2.75) is 26.1 Å². The first-order chi connectivity index (χ1) is 11.1. The van der Waals surface area contributed by atoms with Crippen molar-refractivity contribution < 1.29 is 27.5 Å². The Labute approximate surface area is 149 Å². The summed E-state index contributed by atoms with van der Waals surface area (Å²) in [4.78, 5) is 23.5. The van der Waals surface area contributed by atoms with Gasteiger partial charge in [-0.05, 0) is 18.1 Å². The lowest BCUT2D eigenvalue weighted by Gasteiger charge is -2.16. The van der Waals surface area contributed by atoms with Gasteiger partial charge in [0.15, 0.2) is 6.61 Å². The van der Waals surface area contributed by atoms with Crippen LogP contribution in [-0.4, -0.2) is 37.2 Å². The molecule has 1 aromatic rings. The number of carbonyl (C=O) groups excluding carboxylic acids is 2. The minimum atomic E-state index is -4.49.